The lowest BCUT2D eigenvalue weighted by Gasteiger charge is -2.19. The van der Waals surface area contributed by atoms with Crippen molar-refractivity contribution in [1.29, 1.82) is 0 Å². The lowest BCUT2D eigenvalue weighted by Crippen LogP contribution is -2.32. The van der Waals surface area contributed by atoms with Gasteiger partial charge in [0.25, 0.3) is 0 Å². The molecule has 9 heteroatoms. The molecule has 0 saturated heterocycles. The Kier molecular flexibility index (Phi) is 4.93. The number of anilines is 1. The number of aromatic amines is 1. The van der Waals surface area contributed by atoms with Crippen molar-refractivity contribution in [2.24, 2.45) is 0 Å². The van der Waals surface area contributed by atoms with Gasteiger partial charge in [0.15, 0.2) is 5.82 Å². The minimum atomic E-state index is -0.526. The number of amides is 1. The average molecular weight is 372 g/mol. The van der Waals surface area contributed by atoms with Crippen LogP contribution in [0.1, 0.15) is 31.9 Å². The van der Waals surface area contributed by atoms with Gasteiger partial charge in [-0.2, -0.15) is 10.2 Å². The minimum Gasteiger partial charge on any atom is -0.496 e. The SMILES string of the molecule is COc1cc(Cn2cc(CNC(=O)OC(C)(C)C)cn2)cc2[nH]nc(N)c12. The number of benzene rings is 1. The molecule has 0 aliphatic heterocycles. The van der Waals surface area contributed by atoms with Crippen LogP contribution in [0.2, 0.25) is 0 Å². The summed E-state index contributed by atoms with van der Waals surface area (Å²) in [5, 5.41) is 14.7. The molecular formula is C18H24N6O3. The van der Waals surface area contributed by atoms with E-state index in [1.165, 1.54) is 0 Å². The molecular weight excluding hydrogens is 348 g/mol. The van der Waals surface area contributed by atoms with Gasteiger partial charge in [-0.15, -0.1) is 0 Å². The molecule has 0 unspecified atom stereocenters. The molecule has 0 atom stereocenters. The Morgan fingerprint density at radius 3 is 2.81 bits per heavy atom. The molecule has 0 saturated carbocycles. The number of nitrogens with two attached hydrogens (primary N) is 1. The van der Waals surface area contributed by atoms with E-state index in [1.54, 1.807) is 18.0 Å². The lowest BCUT2D eigenvalue weighted by atomic mass is 10.1. The summed E-state index contributed by atoms with van der Waals surface area (Å²) in [6.07, 6.45) is 3.12. The Labute approximate surface area is 156 Å². The molecule has 0 bridgehead atoms. The van der Waals surface area contributed by atoms with E-state index in [9.17, 15) is 4.79 Å². The van der Waals surface area contributed by atoms with Crippen LogP contribution < -0.4 is 15.8 Å². The molecule has 3 rings (SSSR count). The second kappa shape index (κ2) is 7.18. The quantitative estimate of drug-likeness (QED) is 0.633. The van der Waals surface area contributed by atoms with E-state index >= 15 is 0 Å². The molecule has 27 heavy (non-hydrogen) atoms. The number of alkyl carbamates (subject to hydrolysis) is 1. The van der Waals surface area contributed by atoms with Gasteiger partial charge in [-0.05, 0) is 38.5 Å². The van der Waals surface area contributed by atoms with Gasteiger partial charge in [-0.3, -0.25) is 9.78 Å². The maximum atomic E-state index is 11.7. The summed E-state index contributed by atoms with van der Waals surface area (Å²) in [7, 11) is 1.60. The van der Waals surface area contributed by atoms with Gasteiger partial charge in [0, 0.05) is 18.3 Å². The zero-order chi connectivity index (χ0) is 19.6. The zero-order valence-corrected chi connectivity index (χ0v) is 15.9. The lowest BCUT2D eigenvalue weighted by molar-refractivity contribution is 0.0523. The zero-order valence-electron chi connectivity index (χ0n) is 15.9. The maximum Gasteiger partial charge on any atom is 0.407 e. The minimum absolute atomic E-state index is 0.342. The van der Waals surface area contributed by atoms with Crippen LogP contribution in [-0.4, -0.2) is 38.8 Å². The van der Waals surface area contributed by atoms with Crippen LogP contribution >= 0.6 is 0 Å². The van der Waals surface area contributed by atoms with Crippen molar-refractivity contribution in [3.8, 4) is 5.75 Å². The predicted octanol–water partition coefficient (Wildman–Crippen LogP) is 2.42. The number of nitrogens with zero attached hydrogens (tertiary/aromatic N) is 3. The molecule has 0 spiro atoms. The number of ether oxygens (including phenoxy) is 2. The third-order valence-electron chi connectivity index (χ3n) is 3.80. The molecule has 0 aliphatic carbocycles. The number of carbonyl (C=O) groups excluding carboxylic acids is 1. The number of carbonyl (C=O) groups is 1. The first-order valence-electron chi connectivity index (χ1n) is 8.54. The van der Waals surface area contributed by atoms with E-state index in [-0.39, 0.29) is 0 Å². The summed E-state index contributed by atoms with van der Waals surface area (Å²) in [4.78, 5) is 11.7. The van der Waals surface area contributed by atoms with Crippen molar-refractivity contribution < 1.29 is 14.3 Å². The van der Waals surface area contributed by atoms with Gasteiger partial charge >= 0.3 is 6.09 Å². The summed E-state index contributed by atoms with van der Waals surface area (Å²) in [6, 6.07) is 3.87. The Morgan fingerprint density at radius 1 is 1.33 bits per heavy atom. The van der Waals surface area contributed by atoms with Crippen molar-refractivity contribution in [3.63, 3.8) is 0 Å². The summed E-state index contributed by atoms with van der Waals surface area (Å²) in [5.41, 5.74) is 8.01. The van der Waals surface area contributed by atoms with Gasteiger partial charge in [-0.25, -0.2) is 4.79 Å². The number of fused-ring (bicyclic) bond motifs is 1. The van der Waals surface area contributed by atoms with Crippen LogP contribution in [0.25, 0.3) is 10.9 Å². The number of aromatic nitrogens is 4. The summed E-state index contributed by atoms with van der Waals surface area (Å²) in [5.74, 6) is 1.07. The Bertz CT molecular complexity index is 954. The maximum absolute atomic E-state index is 11.7. The fourth-order valence-corrected chi connectivity index (χ4v) is 2.71. The standard InChI is InChI=1S/C18H24N6O3/c1-18(2,3)27-17(25)20-7-12-8-21-24(10-12)9-11-5-13-15(14(6-11)26-4)16(19)23-22-13/h5-6,8,10H,7,9H2,1-4H3,(H,20,25)(H3,19,22,23). The molecule has 2 heterocycles. The first-order valence-corrected chi connectivity index (χ1v) is 8.54. The molecule has 0 radical (unpaired) electrons. The van der Waals surface area contributed by atoms with Gasteiger partial charge in [0.2, 0.25) is 0 Å². The van der Waals surface area contributed by atoms with Crippen LogP contribution in [-0.2, 0) is 17.8 Å². The number of hydrogen-bond acceptors (Lipinski definition) is 6. The van der Waals surface area contributed by atoms with Gasteiger partial charge in [-0.1, -0.05) is 0 Å². The fourth-order valence-electron chi connectivity index (χ4n) is 2.71. The van der Waals surface area contributed by atoms with Crippen LogP contribution in [0.15, 0.2) is 24.5 Å². The number of hydrogen-bond donors (Lipinski definition) is 3. The smallest absolute Gasteiger partial charge is 0.407 e. The number of nitrogen functional groups attached to an aromatic ring is 1. The highest BCUT2D eigenvalue weighted by Gasteiger charge is 2.16. The molecule has 0 fully saturated rings. The average Bonchev–Trinajstić information content (AvgIpc) is 3.18. The van der Waals surface area contributed by atoms with E-state index in [0.717, 1.165) is 22.0 Å². The number of rotatable bonds is 5. The molecule has 2 aromatic heterocycles. The molecule has 1 amide bonds. The highest BCUT2D eigenvalue weighted by molar-refractivity contribution is 5.94. The third-order valence-corrected chi connectivity index (χ3v) is 3.80. The highest BCUT2D eigenvalue weighted by Crippen LogP contribution is 2.30. The van der Waals surface area contributed by atoms with Crippen LogP contribution in [0.4, 0.5) is 10.6 Å². The van der Waals surface area contributed by atoms with Crippen molar-refractivity contribution in [3.05, 3.63) is 35.7 Å². The Balaban J connectivity index is 1.67. The summed E-state index contributed by atoms with van der Waals surface area (Å²) < 4.78 is 12.4. The molecule has 9 nitrogen and oxygen atoms in total. The second-order valence-corrected chi connectivity index (χ2v) is 7.23. The van der Waals surface area contributed by atoms with Crippen LogP contribution in [0.3, 0.4) is 0 Å². The van der Waals surface area contributed by atoms with Crippen LogP contribution in [0, 0.1) is 0 Å². The van der Waals surface area contributed by atoms with Crippen molar-refractivity contribution in [2.75, 3.05) is 12.8 Å². The Hall–Kier alpha value is -3.23. The first-order chi connectivity index (χ1) is 12.7. The molecule has 0 aliphatic rings. The Morgan fingerprint density at radius 2 is 2.11 bits per heavy atom. The normalized spacial score (nSPS) is 11.6. The molecule has 144 valence electrons. The molecule has 3 aromatic rings. The number of nitrogens with one attached hydrogen (secondary N) is 2. The highest BCUT2D eigenvalue weighted by atomic mass is 16.6. The van der Waals surface area contributed by atoms with Crippen molar-refractivity contribution >= 4 is 22.8 Å². The summed E-state index contributed by atoms with van der Waals surface area (Å²) >= 11 is 0. The largest absolute Gasteiger partial charge is 0.496 e. The third kappa shape index (κ3) is 4.49. The number of H-pyrrole nitrogens is 1. The van der Waals surface area contributed by atoms with E-state index in [1.807, 2.05) is 39.1 Å². The van der Waals surface area contributed by atoms with Crippen molar-refractivity contribution in [2.45, 2.75) is 39.5 Å². The second-order valence-electron chi connectivity index (χ2n) is 7.23. The molecule has 1 aromatic carbocycles. The van der Waals surface area contributed by atoms with E-state index in [2.05, 4.69) is 20.6 Å². The van der Waals surface area contributed by atoms with E-state index in [4.69, 9.17) is 15.2 Å². The topological polar surface area (TPSA) is 120 Å². The van der Waals surface area contributed by atoms with Gasteiger partial charge in [0.05, 0.1) is 30.8 Å². The van der Waals surface area contributed by atoms with Crippen LogP contribution in [0.5, 0.6) is 5.75 Å². The monoisotopic (exact) mass is 372 g/mol. The van der Waals surface area contributed by atoms with Crippen molar-refractivity contribution in [1.82, 2.24) is 25.3 Å². The van der Waals surface area contributed by atoms with E-state index < -0.39 is 11.7 Å². The molecule has 4 N–H and O–H groups in total. The summed E-state index contributed by atoms with van der Waals surface area (Å²) in [6.45, 7) is 6.35. The predicted molar refractivity (Wildman–Crippen MR) is 101 cm³/mol. The van der Waals surface area contributed by atoms with Gasteiger partial charge in [0.1, 0.15) is 11.4 Å². The fraction of sp³-hybridized carbons (Fsp3) is 0.389. The number of methoxy groups -OCH3 is 1. The van der Waals surface area contributed by atoms with Gasteiger partial charge < -0.3 is 20.5 Å². The van der Waals surface area contributed by atoms with E-state index in [0.29, 0.717) is 24.7 Å². The first kappa shape index (κ1) is 18.6.